The van der Waals surface area contributed by atoms with Crippen LogP contribution in [0.5, 0.6) is 0 Å². The number of hydrogen-bond acceptors (Lipinski definition) is 2. The van der Waals surface area contributed by atoms with Crippen LogP contribution in [0.25, 0.3) is 5.65 Å². The molecule has 3 rings (SSSR count). The van der Waals surface area contributed by atoms with Gasteiger partial charge in [-0.2, -0.15) is 0 Å². The Morgan fingerprint density at radius 3 is 2.95 bits per heavy atom. The summed E-state index contributed by atoms with van der Waals surface area (Å²) in [6, 6.07) is 11.1. The third-order valence-corrected chi connectivity index (χ3v) is 3.23. The fourth-order valence-electron chi connectivity index (χ4n) is 2.07. The Bertz CT molecular complexity index is 775. The summed E-state index contributed by atoms with van der Waals surface area (Å²) in [5.41, 5.74) is 2.50. The lowest BCUT2D eigenvalue weighted by molar-refractivity contribution is 0.852. The SMILES string of the molecule is O=c1cc(CCc2cccc(Cl)c2)nc2cc[nH]n12. The van der Waals surface area contributed by atoms with Crippen molar-refractivity contribution in [2.75, 3.05) is 0 Å². The van der Waals surface area contributed by atoms with Gasteiger partial charge in [-0.3, -0.25) is 9.89 Å². The van der Waals surface area contributed by atoms with Crippen LogP contribution in [0.15, 0.2) is 47.4 Å². The third-order valence-electron chi connectivity index (χ3n) is 2.99. The molecule has 19 heavy (non-hydrogen) atoms. The van der Waals surface area contributed by atoms with Crippen LogP contribution >= 0.6 is 11.6 Å². The second kappa shape index (κ2) is 4.90. The average molecular weight is 274 g/mol. The highest BCUT2D eigenvalue weighted by molar-refractivity contribution is 6.30. The Kier molecular flexibility index (Phi) is 3.09. The quantitative estimate of drug-likeness (QED) is 0.797. The molecule has 0 spiro atoms. The number of nitrogens with zero attached hydrogens (tertiary/aromatic N) is 2. The van der Waals surface area contributed by atoms with E-state index in [2.05, 4.69) is 10.1 Å². The van der Waals surface area contributed by atoms with Crippen LogP contribution in [0.2, 0.25) is 5.02 Å². The summed E-state index contributed by atoms with van der Waals surface area (Å²) in [5.74, 6) is 0. The smallest absolute Gasteiger partial charge is 0.272 e. The fraction of sp³-hybridized carbons (Fsp3) is 0.143. The van der Waals surface area contributed by atoms with Gasteiger partial charge in [-0.1, -0.05) is 23.7 Å². The molecule has 0 saturated heterocycles. The number of halogens is 1. The van der Waals surface area contributed by atoms with Crippen molar-refractivity contribution in [3.63, 3.8) is 0 Å². The van der Waals surface area contributed by atoms with Gasteiger partial charge >= 0.3 is 0 Å². The van der Waals surface area contributed by atoms with E-state index in [1.165, 1.54) is 4.52 Å². The van der Waals surface area contributed by atoms with E-state index in [1.54, 1.807) is 18.3 Å². The molecule has 5 heteroatoms. The lowest BCUT2D eigenvalue weighted by Crippen LogP contribution is -2.15. The molecule has 0 bridgehead atoms. The Morgan fingerprint density at radius 2 is 2.11 bits per heavy atom. The Morgan fingerprint density at radius 1 is 1.21 bits per heavy atom. The summed E-state index contributed by atoms with van der Waals surface area (Å²) < 4.78 is 1.42. The summed E-state index contributed by atoms with van der Waals surface area (Å²) in [6.07, 6.45) is 3.23. The van der Waals surface area contributed by atoms with E-state index in [0.29, 0.717) is 5.65 Å². The van der Waals surface area contributed by atoms with E-state index < -0.39 is 0 Å². The monoisotopic (exact) mass is 273 g/mol. The van der Waals surface area contributed by atoms with Crippen LogP contribution in [0, 0.1) is 0 Å². The normalized spacial score (nSPS) is 11.0. The number of H-pyrrole nitrogens is 1. The number of hydrogen-bond donors (Lipinski definition) is 1. The van der Waals surface area contributed by atoms with Crippen LogP contribution in [-0.2, 0) is 12.8 Å². The molecule has 0 aliphatic carbocycles. The molecule has 96 valence electrons. The maximum atomic E-state index is 11.8. The molecule has 0 fully saturated rings. The van der Waals surface area contributed by atoms with Crippen molar-refractivity contribution in [2.45, 2.75) is 12.8 Å². The maximum absolute atomic E-state index is 11.8. The minimum absolute atomic E-state index is 0.0869. The third kappa shape index (κ3) is 2.53. The van der Waals surface area contributed by atoms with Gasteiger partial charge in [0.25, 0.3) is 5.56 Å². The fourth-order valence-corrected chi connectivity index (χ4v) is 2.28. The molecule has 3 aromatic rings. The number of fused-ring (bicyclic) bond motifs is 1. The average Bonchev–Trinajstić information content (AvgIpc) is 2.85. The number of aryl methyl sites for hydroxylation is 2. The lowest BCUT2D eigenvalue weighted by Gasteiger charge is -2.02. The molecule has 2 heterocycles. The summed E-state index contributed by atoms with van der Waals surface area (Å²) in [5, 5.41) is 3.55. The number of aromatic amines is 1. The Labute approximate surface area is 114 Å². The van der Waals surface area contributed by atoms with Gasteiger partial charge < -0.3 is 0 Å². The van der Waals surface area contributed by atoms with E-state index in [-0.39, 0.29) is 5.56 Å². The van der Waals surface area contributed by atoms with Crippen molar-refractivity contribution in [1.82, 2.24) is 14.6 Å². The minimum Gasteiger partial charge on any atom is -0.297 e. The number of nitrogens with one attached hydrogen (secondary N) is 1. The van der Waals surface area contributed by atoms with Gasteiger partial charge in [0.1, 0.15) is 0 Å². The van der Waals surface area contributed by atoms with Gasteiger partial charge in [0.15, 0.2) is 5.65 Å². The van der Waals surface area contributed by atoms with Gasteiger partial charge in [0.2, 0.25) is 0 Å². The highest BCUT2D eigenvalue weighted by Gasteiger charge is 2.03. The second-order valence-corrected chi connectivity index (χ2v) is 4.81. The topological polar surface area (TPSA) is 50.2 Å². The summed E-state index contributed by atoms with van der Waals surface area (Å²) in [7, 11) is 0. The first-order valence-corrected chi connectivity index (χ1v) is 6.41. The highest BCUT2D eigenvalue weighted by atomic mass is 35.5. The van der Waals surface area contributed by atoms with Crippen LogP contribution in [0.1, 0.15) is 11.3 Å². The zero-order chi connectivity index (χ0) is 13.2. The molecule has 0 atom stereocenters. The zero-order valence-electron chi connectivity index (χ0n) is 10.1. The van der Waals surface area contributed by atoms with E-state index in [4.69, 9.17) is 11.6 Å². The van der Waals surface area contributed by atoms with Crippen LogP contribution in [0.4, 0.5) is 0 Å². The molecule has 4 nitrogen and oxygen atoms in total. The Balaban J connectivity index is 1.83. The maximum Gasteiger partial charge on any atom is 0.272 e. The van der Waals surface area contributed by atoms with Gasteiger partial charge in [0.05, 0.1) is 0 Å². The molecular formula is C14H12ClN3O. The molecule has 1 aromatic carbocycles. The van der Waals surface area contributed by atoms with Crippen LogP contribution in [-0.4, -0.2) is 14.6 Å². The van der Waals surface area contributed by atoms with Crippen molar-refractivity contribution >= 4 is 17.2 Å². The lowest BCUT2D eigenvalue weighted by atomic mass is 10.1. The van der Waals surface area contributed by atoms with E-state index in [9.17, 15) is 4.79 Å². The molecule has 0 saturated carbocycles. The number of rotatable bonds is 3. The molecule has 0 unspecified atom stereocenters. The van der Waals surface area contributed by atoms with Crippen molar-refractivity contribution in [2.24, 2.45) is 0 Å². The summed E-state index contributed by atoms with van der Waals surface area (Å²) >= 11 is 5.94. The Hall–Kier alpha value is -2.07. The minimum atomic E-state index is -0.0869. The molecular weight excluding hydrogens is 262 g/mol. The number of aromatic nitrogens is 3. The van der Waals surface area contributed by atoms with Crippen LogP contribution in [0.3, 0.4) is 0 Å². The summed E-state index contributed by atoms with van der Waals surface area (Å²) in [6.45, 7) is 0. The standard InChI is InChI=1S/C14H12ClN3O/c15-11-3-1-2-10(8-11)4-5-12-9-14(19)18-13(17-12)6-7-16-18/h1-3,6-9,16H,4-5H2. The van der Waals surface area contributed by atoms with Crippen molar-refractivity contribution in [1.29, 1.82) is 0 Å². The van der Waals surface area contributed by atoms with Crippen molar-refractivity contribution in [3.8, 4) is 0 Å². The molecule has 0 radical (unpaired) electrons. The van der Waals surface area contributed by atoms with Gasteiger partial charge in [-0.15, -0.1) is 0 Å². The second-order valence-electron chi connectivity index (χ2n) is 4.37. The van der Waals surface area contributed by atoms with Crippen LogP contribution < -0.4 is 5.56 Å². The predicted molar refractivity (Wildman–Crippen MR) is 74.7 cm³/mol. The number of benzene rings is 1. The highest BCUT2D eigenvalue weighted by Crippen LogP contribution is 2.12. The van der Waals surface area contributed by atoms with E-state index >= 15 is 0 Å². The van der Waals surface area contributed by atoms with E-state index in [1.807, 2.05) is 24.3 Å². The first-order chi connectivity index (χ1) is 9.22. The molecule has 0 aliphatic heterocycles. The largest absolute Gasteiger partial charge is 0.297 e. The van der Waals surface area contributed by atoms with Gasteiger partial charge in [-0.25, -0.2) is 9.50 Å². The summed E-state index contributed by atoms with van der Waals surface area (Å²) in [4.78, 5) is 16.2. The van der Waals surface area contributed by atoms with Crippen molar-refractivity contribution < 1.29 is 0 Å². The van der Waals surface area contributed by atoms with Gasteiger partial charge in [-0.05, 0) is 30.5 Å². The molecule has 0 amide bonds. The zero-order valence-corrected chi connectivity index (χ0v) is 10.9. The predicted octanol–water partition coefficient (Wildman–Crippen LogP) is 2.46. The first kappa shape index (κ1) is 12.0. The molecule has 0 aliphatic rings. The molecule has 2 aromatic heterocycles. The first-order valence-electron chi connectivity index (χ1n) is 6.03. The van der Waals surface area contributed by atoms with Crippen molar-refractivity contribution in [3.05, 3.63) is 69.2 Å². The molecule has 1 N–H and O–H groups in total. The van der Waals surface area contributed by atoms with E-state index in [0.717, 1.165) is 29.1 Å². The van der Waals surface area contributed by atoms with Gasteiger partial charge in [0, 0.05) is 29.0 Å².